The van der Waals surface area contributed by atoms with Crippen LogP contribution in [-0.4, -0.2) is 29.5 Å². The van der Waals surface area contributed by atoms with Crippen LogP contribution < -0.4 is 10.1 Å². The lowest BCUT2D eigenvalue weighted by atomic mass is 9.96. The number of benzene rings is 1. The highest BCUT2D eigenvalue weighted by Crippen LogP contribution is 2.26. The Hall–Kier alpha value is -1.26. The average Bonchev–Trinajstić information content (AvgIpc) is 2.44. The molecule has 0 aliphatic rings. The van der Waals surface area contributed by atoms with Gasteiger partial charge in [0, 0.05) is 13.1 Å². The fraction of sp³-hybridized carbons (Fsp3) is 0.625. The van der Waals surface area contributed by atoms with E-state index >= 15 is 0 Å². The van der Waals surface area contributed by atoms with Gasteiger partial charge in [-0.3, -0.25) is 0 Å². The Balaban J connectivity index is 2.47. The Morgan fingerprint density at radius 2 is 1.90 bits per heavy atom. The van der Waals surface area contributed by atoms with Crippen LogP contribution in [0.15, 0.2) is 18.2 Å². The van der Waals surface area contributed by atoms with Crippen LogP contribution in [0.2, 0.25) is 0 Å². The van der Waals surface area contributed by atoms with Crippen molar-refractivity contribution in [1.82, 2.24) is 5.32 Å². The molecule has 1 unspecified atom stereocenters. The molecule has 1 aromatic rings. The van der Waals surface area contributed by atoms with Gasteiger partial charge in [0.05, 0.1) is 12.7 Å². The third-order valence-corrected chi connectivity index (χ3v) is 3.60. The molecule has 0 spiro atoms. The minimum Gasteiger partial charge on any atom is -0.504 e. The van der Waals surface area contributed by atoms with Gasteiger partial charge < -0.3 is 20.3 Å². The molecule has 0 fully saturated rings. The standard InChI is InChI=1S/C16H27NO3/c1-4-13(5-2)15(19)11-17-10-12-7-8-14(18)16(9-12)20-6-3/h7-9,13,15,17-19H,4-6,10-11H2,1-3H3. The molecule has 0 aliphatic carbocycles. The molecule has 20 heavy (non-hydrogen) atoms. The van der Waals surface area contributed by atoms with E-state index in [1.54, 1.807) is 6.07 Å². The number of phenols is 1. The van der Waals surface area contributed by atoms with Crippen LogP contribution in [0.1, 0.15) is 39.2 Å². The predicted octanol–water partition coefficient (Wildman–Crippen LogP) is 2.68. The van der Waals surface area contributed by atoms with Gasteiger partial charge in [-0.05, 0) is 30.5 Å². The molecule has 4 heteroatoms. The molecule has 0 heterocycles. The summed E-state index contributed by atoms with van der Waals surface area (Å²) in [6.07, 6.45) is 1.67. The van der Waals surface area contributed by atoms with Crippen molar-refractivity contribution in [1.29, 1.82) is 0 Å². The highest BCUT2D eigenvalue weighted by Gasteiger charge is 2.14. The molecule has 0 saturated carbocycles. The second kappa shape index (κ2) is 8.82. The van der Waals surface area contributed by atoms with Gasteiger partial charge in [-0.15, -0.1) is 0 Å². The third kappa shape index (κ3) is 5.02. The van der Waals surface area contributed by atoms with Crippen LogP contribution >= 0.6 is 0 Å². The molecule has 1 rings (SSSR count). The van der Waals surface area contributed by atoms with E-state index in [0.717, 1.165) is 18.4 Å². The van der Waals surface area contributed by atoms with E-state index in [2.05, 4.69) is 19.2 Å². The number of aliphatic hydroxyl groups is 1. The third-order valence-electron chi connectivity index (χ3n) is 3.60. The van der Waals surface area contributed by atoms with Gasteiger partial charge in [0.2, 0.25) is 0 Å². The Bertz CT molecular complexity index is 391. The van der Waals surface area contributed by atoms with Crippen LogP contribution in [-0.2, 0) is 6.54 Å². The predicted molar refractivity (Wildman–Crippen MR) is 81.1 cm³/mol. The minimum absolute atomic E-state index is 0.160. The van der Waals surface area contributed by atoms with E-state index < -0.39 is 0 Å². The number of rotatable bonds is 9. The van der Waals surface area contributed by atoms with E-state index in [1.165, 1.54) is 0 Å². The van der Waals surface area contributed by atoms with Crippen molar-refractivity contribution in [2.24, 2.45) is 5.92 Å². The van der Waals surface area contributed by atoms with Crippen molar-refractivity contribution in [3.63, 3.8) is 0 Å². The summed E-state index contributed by atoms with van der Waals surface area (Å²) in [7, 11) is 0. The fourth-order valence-corrected chi connectivity index (χ4v) is 2.30. The lowest BCUT2D eigenvalue weighted by molar-refractivity contribution is 0.101. The number of phenolic OH excluding ortho intramolecular Hbond substituents is 1. The Kier molecular flexibility index (Phi) is 7.41. The second-order valence-corrected chi connectivity index (χ2v) is 5.01. The SMILES string of the molecule is CCOc1cc(CNCC(O)C(CC)CC)ccc1O. The summed E-state index contributed by atoms with van der Waals surface area (Å²) >= 11 is 0. The van der Waals surface area contributed by atoms with Crippen molar-refractivity contribution in [2.45, 2.75) is 46.3 Å². The molecule has 4 nitrogen and oxygen atoms in total. The summed E-state index contributed by atoms with van der Waals surface area (Å²) < 4.78 is 5.35. The number of hydrogen-bond acceptors (Lipinski definition) is 4. The molecule has 0 saturated heterocycles. The zero-order valence-electron chi connectivity index (χ0n) is 12.7. The number of ether oxygens (including phenoxy) is 1. The molecule has 1 atom stereocenters. The van der Waals surface area contributed by atoms with E-state index in [9.17, 15) is 10.2 Å². The largest absolute Gasteiger partial charge is 0.504 e. The molecule has 0 amide bonds. The van der Waals surface area contributed by atoms with Gasteiger partial charge in [-0.2, -0.15) is 0 Å². The first kappa shape index (κ1) is 16.8. The average molecular weight is 281 g/mol. The first-order valence-electron chi connectivity index (χ1n) is 7.45. The van der Waals surface area contributed by atoms with Crippen LogP contribution in [0.25, 0.3) is 0 Å². The van der Waals surface area contributed by atoms with E-state index in [4.69, 9.17) is 4.74 Å². The first-order chi connectivity index (χ1) is 9.62. The van der Waals surface area contributed by atoms with Crippen LogP contribution in [0, 0.1) is 5.92 Å². The van der Waals surface area contributed by atoms with Crippen LogP contribution in [0.4, 0.5) is 0 Å². The zero-order valence-corrected chi connectivity index (χ0v) is 12.7. The summed E-state index contributed by atoms with van der Waals surface area (Å²) in [4.78, 5) is 0. The van der Waals surface area contributed by atoms with Gasteiger partial charge in [-0.1, -0.05) is 32.8 Å². The zero-order chi connectivity index (χ0) is 15.0. The molecular formula is C16H27NO3. The van der Waals surface area contributed by atoms with Crippen molar-refractivity contribution < 1.29 is 14.9 Å². The molecule has 0 aromatic heterocycles. The topological polar surface area (TPSA) is 61.7 Å². The molecule has 0 aliphatic heterocycles. The Labute approximate surface area is 121 Å². The van der Waals surface area contributed by atoms with Crippen molar-refractivity contribution in [2.75, 3.05) is 13.2 Å². The number of aliphatic hydroxyl groups excluding tert-OH is 1. The Morgan fingerprint density at radius 3 is 2.50 bits per heavy atom. The maximum atomic E-state index is 10.0. The molecular weight excluding hydrogens is 254 g/mol. The fourth-order valence-electron chi connectivity index (χ4n) is 2.30. The van der Waals surface area contributed by atoms with Gasteiger partial charge in [0.25, 0.3) is 0 Å². The van der Waals surface area contributed by atoms with Crippen molar-refractivity contribution >= 4 is 0 Å². The quantitative estimate of drug-likeness (QED) is 0.651. The number of hydrogen-bond donors (Lipinski definition) is 3. The Morgan fingerprint density at radius 1 is 1.20 bits per heavy atom. The van der Waals surface area contributed by atoms with Gasteiger partial charge >= 0.3 is 0 Å². The van der Waals surface area contributed by atoms with E-state index in [-0.39, 0.29) is 11.9 Å². The molecule has 3 N–H and O–H groups in total. The lowest BCUT2D eigenvalue weighted by Crippen LogP contribution is -2.32. The molecule has 114 valence electrons. The van der Waals surface area contributed by atoms with E-state index in [1.807, 2.05) is 19.1 Å². The van der Waals surface area contributed by atoms with Crippen LogP contribution in [0.5, 0.6) is 11.5 Å². The van der Waals surface area contributed by atoms with Crippen molar-refractivity contribution in [3.05, 3.63) is 23.8 Å². The maximum absolute atomic E-state index is 10.0. The minimum atomic E-state index is -0.312. The molecule has 0 bridgehead atoms. The summed E-state index contributed by atoms with van der Waals surface area (Å²) in [5, 5.41) is 22.9. The van der Waals surface area contributed by atoms with E-state index in [0.29, 0.717) is 31.4 Å². The maximum Gasteiger partial charge on any atom is 0.161 e. The van der Waals surface area contributed by atoms with Gasteiger partial charge in [-0.25, -0.2) is 0 Å². The summed E-state index contributed by atoms with van der Waals surface area (Å²) in [5.74, 6) is 1.02. The summed E-state index contributed by atoms with van der Waals surface area (Å²) in [5.41, 5.74) is 1.03. The second-order valence-electron chi connectivity index (χ2n) is 5.01. The molecule has 0 radical (unpaired) electrons. The molecule has 1 aromatic carbocycles. The number of nitrogens with one attached hydrogen (secondary N) is 1. The van der Waals surface area contributed by atoms with Crippen LogP contribution in [0.3, 0.4) is 0 Å². The highest BCUT2D eigenvalue weighted by atomic mass is 16.5. The first-order valence-corrected chi connectivity index (χ1v) is 7.45. The smallest absolute Gasteiger partial charge is 0.161 e. The van der Waals surface area contributed by atoms with Gasteiger partial charge in [0.15, 0.2) is 11.5 Å². The lowest BCUT2D eigenvalue weighted by Gasteiger charge is -2.20. The number of aromatic hydroxyl groups is 1. The highest BCUT2D eigenvalue weighted by molar-refractivity contribution is 5.41. The van der Waals surface area contributed by atoms with Crippen molar-refractivity contribution in [3.8, 4) is 11.5 Å². The van der Waals surface area contributed by atoms with Gasteiger partial charge in [0.1, 0.15) is 0 Å². The monoisotopic (exact) mass is 281 g/mol. The normalized spacial score (nSPS) is 12.7. The summed E-state index contributed by atoms with van der Waals surface area (Å²) in [6.45, 7) is 7.85. The summed E-state index contributed by atoms with van der Waals surface area (Å²) in [6, 6.07) is 5.32.